The van der Waals surface area contributed by atoms with Crippen molar-refractivity contribution in [2.24, 2.45) is 0 Å². The lowest BCUT2D eigenvalue weighted by atomic mass is 9.85. The molecule has 0 N–H and O–H groups in total. The molecular weight excluding hydrogens is 424 g/mol. The van der Waals surface area contributed by atoms with Crippen molar-refractivity contribution in [3.8, 4) is 17.2 Å². The molecule has 33 heavy (non-hydrogen) atoms. The SMILES string of the molecule is COc1ccc(C(=O)O[C@H](CC=C(C)C)C2=CC(=O)c3c(OC)ccc(OC)c3C2=O)cc1. The lowest BCUT2D eigenvalue weighted by Gasteiger charge is -2.24. The van der Waals surface area contributed by atoms with E-state index in [1.54, 1.807) is 36.4 Å². The molecule has 1 aliphatic carbocycles. The fourth-order valence-electron chi connectivity index (χ4n) is 3.54. The molecule has 0 radical (unpaired) electrons. The maximum absolute atomic E-state index is 13.5. The monoisotopic (exact) mass is 450 g/mol. The molecule has 0 aliphatic heterocycles. The van der Waals surface area contributed by atoms with Crippen molar-refractivity contribution in [3.05, 3.63) is 76.4 Å². The van der Waals surface area contributed by atoms with Gasteiger partial charge in [0.15, 0.2) is 11.6 Å². The smallest absolute Gasteiger partial charge is 0.338 e. The second kappa shape index (κ2) is 10.2. The molecule has 0 unspecified atom stereocenters. The van der Waals surface area contributed by atoms with E-state index in [9.17, 15) is 14.4 Å². The number of benzene rings is 2. The van der Waals surface area contributed by atoms with Crippen LogP contribution in [0, 0.1) is 0 Å². The van der Waals surface area contributed by atoms with Crippen LogP contribution in [-0.4, -0.2) is 45.0 Å². The van der Waals surface area contributed by atoms with Crippen molar-refractivity contribution in [3.63, 3.8) is 0 Å². The van der Waals surface area contributed by atoms with Gasteiger partial charge >= 0.3 is 5.97 Å². The summed E-state index contributed by atoms with van der Waals surface area (Å²) in [6.07, 6.45) is 2.34. The third-order valence-electron chi connectivity index (χ3n) is 5.25. The molecule has 1 aliphatic rings. The van der Waals surface area contributed by atoms with Gasteiger partial charge in [-0.3, -0.25) is 9.59 Å². The number of hydrogen-bond donors (Lipinski definition) is 0. The van der Waals surface area contributed by atoms with Crippen molar-refractivity contribution in [1.29, 1.82) is 0 Å². The Hall–Kier alpha value is -3.87. The van der Waals surface area contributed by atoms with Crippen molar-refractivity contribution >= 4 is 17.5 Å². The van der Waals surface area contributed by atoms with Gasteiger partial charge in [0.1, 0.15) is 23.4 Å². The molecule has 2 aromatic rings. The number of ketones is 2. The lowest BCUT2D eigenvalue weighted by molar-refractivity contribution is 0.0372. The molecule has 1 atom stereocenters. The fraction of sp³-hybridized carbons (Fsp3) is 0.269. The Labute approximate surface area is 192 Å². The van der Waals surface area contributed by atoms with Crippen LogP contribution in [0.1, 0.15) is 51.3 Å². The minimum Gasteiger partial charge on any atom is -0.497 e. The zero-order valence-electron chi connectivity index (χ0n) is 19.3. The summed E-state index contributed by atoms with van der Waals surface area (Å²) >= 11 is 0. The summed E-state index contributed by atoms with van der Waals surface area (Å²) in [4.78, 5) is 39.4. The Kier molecular flexibility index (Phi) is 7.33. The molecular formula is C26H26O7. The number of carbonyl (C=O) groups excluding carboxylic acids is 3. The van der Waals surface area contributed by atoms with Gasteiger partial charge in [-0.05, 0) is 56.3 Å². The van der Waals surface area contributed by atoms with Crippen LogP contribution in [0.4, 0.5) is 0 Å². The molecule has 0 bridgehead atoms. The van der Waals surface area contributed by atoms with Gasteiger partial charge in [-0.1, -0.05) is 11.6 Å². The van der Waals surface area contributed by atoms with Gasteiger partial charge in [-0.15, -0.1) is 0 Å². The summed E-state index contributed by atoms with van der Waals surface area (Å²) in [5.41, 5.74) is 1.59. The quantitative estimate of drug-likeness (QED) is 0.429. The Morgan fingerprint density at radius 2 is 1.48 bits per heavy atom. The normalized spacial score (nSPS) is 13.4. The highest BCUT2D eigenvalue weighted by atomic mass is 16.5. The van der Waals surface area contributed by atoms with E-state index < -0.39 is 23.6 Å². The van der Waals surface area contributed by atoms with Crippen LogP contribution in [-0.2, 0) is 4.74 Å². The minimum absolute atomic E-state index is 0.0819. The average molecular weight is 450 g/mol. The van der Waals surface area contributed by atoms with E-state index in [1.165, 1.54) is 27.4 Å². The molecule has 0 saturated heterocycles. The minimum atomic E-state index is -0.963. The van der Waals surface area contributed by atoms with Gasteiger partial charge in [0, 0.05) is 12.0 Å². The van der Waals surface area contributed by atoms with Crippen LogP contribution in [0.3, 0.4) is 0 Å². The number of hydrogen-bond acceptors (Lipinski definition) is 7. The first kappa shape index (κ1) is 23.8. The first-order valence-electron chi connectivity index (χ1n) is 10.3. The maximum atomic E-state index is 13.5. The molecule has 0 saturated carbocycles. The predicted molar refractivity (Wildman–Crippen MR) is 123 cm³/mol. The molecule has 0 fully saturated rings. The van der Waals surface area contributed by atoms with Crippen LogP contribution < -0.4 is 14.2 Å². The Bertz CT molecular complexity index is 1140. The molecule has 172 valence electrons. The zero-order chi connectivity index (χ0) is 24.1. The highest BCUT2D eigenvalue weighted by Crippen LogP contribution is 2.37. The highest BCUT2D eigenvalue weighted by molar-refractivity contribution is 6.27. The van der Waals surface area contributed by atoms with Gasteiger partial charge in [0.05, 0.1) is 38.0 Å². The Morgan fingerprint density at radius 1 is 0.879 bits per heavy atom. The summed E-state index contributed by atoms with van der Waals surface area (Å²) in [5, 5.41) is 0. The summed E-state index contributed by atoms with van der Waals surface area (Å²) in [7, 11) is 4.37. The van der Waals surface area contributed by atoms with E-state index >= 15 is 0 Å². The van der Waals surface area contributed by atoms with Gasteiger partial charge in [0.25, 0.3) is 0 Å². The number of ether oxygens (including phenoxy) is 4. The van der Waals surface area contributed by atoms with Crippen molar-refractivity contribution in [2.75, 3.05) is 21.3 Å². The average Bonchev–Trinajstić information content (AvgIpc) is 2.82. The van der Waals surface area contributed by atoms with Crippen LogP contribution >= 0.6 is 0 Å². The summed E-state index contributed by atoms with van der Waals surface area (Å²) < 4.78 is 21.5. The number of allylic oxidation sites excluding steroid dienone is 2. The third-order valence-corrected chi connectivity index (χ3v) is 5.25. The molecule has 2 aromatic carbocycles. The van der Waals surface area contributed by atoms with Gasteiger partial charge in [-0.25, -0.2) is 4.79 Å². The first-order chi connectivity index (χ1) is 15.8. The van der Waals surface area contributed by atoms with E-state index in [4.69, 9.17) is 18.9 Å². The number of rotatable bonds is 8. The lowest BCUT2D eigenvalue weighted by Crippen LogP contribution is -2.29. The van der Waals surface area contributed by atoms with Crippen molar-refractivity contribution < 1.29 is 33.3 Å². The van der Waals surface area contributed by atoms with E-state index in [0.29, 0.717) is 11.3 Å². The van der Waals surface area contributed by atoms with Crippen LogP contribution in [0.5, 0.6) is 17.2 Å². The second-order valence-corrected chi connectivity index (χ2v) is 7.65. The van der Waals surface area contributed by atoms with Crippen molar-refractivity contribution in [1.82, 2.24) is 0 Å². The Balaban J connectivity index is 2.01. The summed E-state index contributed by atoms with van der Waals surface area (Å²) in [5.74, 6) is -0.365. The maximum Gasteiger partial charge on any atom is 0.338 e. The molecule has 3 rings (SSSR count). The van der Waals surface area contributed by atoms with Crippen molar-refractivity contribution in [2.45, 2.75) is 26.4 Å². The standard InChI is InChI=1S/C26H26O7/c1-15(2)6-11-20(33-26(29)16-7-9-17(30-3)10-8-16)18-14-19(27)23-21(31-4)12-13-22(32-5)24(23)25(18)28/h6-10,12-14,20H,11H2,1-5H3/t20-/m1/s1. The van der Waals surface area contributed by atoms with Gasteiger partial charge in [0.2, 0.25) is 0 Å². The van der Waals surface area contributed by atoms with E-state index in [-0.39, 0.29) is 34.6 Å². The third kappa shape index (κ3) is 4.98. The molecule has 0 spiro atoms. The number of Topliss-reactive ketones (excluding diaryl/α,β-unsaturated/α-hetero) is 1. The number of carbonyl (C=O) groups is 3. The molecule has 7 heteroatoms. The molecule has 7 nitrogen and oxygen atoms in total. The van der Waals surface area contributed by atoms with Gasteiger partial charge < -0.3 is 18.9 Å². The largest absolute Gasteiger partial charge is 0.497 e. The van der Waals surface area contributed by atoms with Crippen LogP contribution in [0.25, 0.3) is 0 Å². The van der Waals surface area contributed by atoms with E-state index in [2.05, 4.69) is 0 Å². The fourth-order valence-corrected chi connectivity index (χ4v) is 3.54. The topological polar surface area (TPSA) is 88.1 Å². The number of methoxy groups -OCH3 is 3. The number of esters is 1. The summed E-state index contributed by atoms with van der Waals surface area (Å²) in [6.45, 7) is 3.79. The van der Waals surface area contributed by atoms with Crippen LogP contribution in [0.15, 0.2) is 59.7 Å². The molecule has 0 amide bonds. The number of fused-ring (bicyclic) bond motifs is 1. The Morgan fingerprint density at radius 3 is 2.03 bits per heavy atom. The molecule has 0 aromatic heterocycles. The summed E-state index contributed by atoms with van der Waals surface area (Å²) in [6, 6.07) is 9.58. The zero-order valence-corrected chi connectivity index (χ0v) is 19.3. The van der Waals surface area contributed by atoms with E-state index in [0.717, 1.165) is 5.57 Å². The van der Waals surface area contributed by atoms with Crippen LogP contribution in [0.2, 0.25) is 0 Å². The second-order valence-electron chi connectivity index (χ2n) is 7.65. The highest BCUT2D eigenvalue weighted by Gasteiger charge is 2.36. The predicted octanol–water partition coefficient (Wildman–Crippen LogP) is 4.60. The van der Waals surface area contributed by atoms with Gasteiger partial charge in [-0.2, -0.15) is 0 Å². The molecule has 0 heterocycles. The van der Waals surface area contributed by atoms with E-state index in [1.807, 2.05) is 19.9 Å². The first-order valence-corrected chi connectivity index (χ1v) is 10.3.